The van der Waals surface area contributed by atoms with Crippen LogP contribution in [-0.2, 0) is 11.3 Å². The number of amides is 2. The van der Waals surface area contributed by atoms with Gasteiger partial charge in [-0.3, -0.25) is 14.3 Å². The van der Waals surface area contributed by atoms with Crippen molar-refractivity contribution in [1.82, 2.24) is 20.0 Å². The van der Waals surface area contributed by atoms with Crippen LogP contribution < -0.4 is 5.32 Å². The largest absolute Gasteiger partial charge is 0.459 e. The number of hydrogen-bond donors (Lipinski definition) is 1. The lowest BCUT2D eigenvalue weighted by Gasteiger charge is -2.32. The number of aromatic nitrogens is 2. The molecule has 2 amide bonds. The van der Waals surface area contributed by atoms with Crippen LogP contribution in [0.2, 0.25) is 0 Å². The molecule has 1 unspecified atom stereocenters. The summed E-state index contributed by atoms with van der Waals surface area (Å²) in [4.78, 5) is 26.3. The van der Waals surface area contributed by atoms with Gasteiger partial charge < -0.3 is 14.6 Å². The fraction of sp³-hybridized carbons (Fsp3) is 0.471. The molecule has 1 aliphatic rings. The second-order valence-corrected chi connectivity index (χ2v) is 6.22. The lowest BCUT2D eigenvalue weighted by atomic mass is 10.1. The monoisotopic (exact) mass is 330 g/mol. The summed E-state index contributed by atoms with van der Waals surface area (Å²) in [6, 6.07) is 5.26. The fourth-order valence-corrected chi connectivity index (χ4v) is 3.08. The van der Waals surface area contributed by atoms with Gasteiger partial charge in [-0.15, -0.1) is 0 Å². The summed E-state index contributed by atoms with van der Waals surface area (Å²) in [6.07, 6.45) is 3.22. The normalized spacial score (nSPS) is 17.8. The Morgan fingerprint density at radius 1 is 1.42 bits per heavy atom. The molecule has 3 rings (SSSR count). The van der Waals surface area contributed by atoms with Gasteiger partial charge in [-0.05, 0) is 44.9 Å². The summed E-state index contributed by atoms with van der Waals surface area (Å²) >= 11 is 0. The zero-order chi connectivity index (χ0) is 17.1. The van der Waals surface area contributed by atoms with Crippen LogP contribution in [0.3, 0.4) is 0 Å². The van der Waals surface area contributed by atoms with Gasteiger partial charge in [0.2, 0.25) is 5.91 Å². The van der Waals surface area contributed by atoms with Crippen molar-refractivity contribution in [1.29, 1.82) is 0 Å². The predicted molar refractivity (Wildman–Crippen MR) is 87.5 cm³/mol. The standard InChI is InChI=1S/C17H22N4O3/c1-12-9-13(2)21(19-12)11-16(22)18-14-5-3-7-20(10-14)17(23)15-6-4-8-24-15/h4,6,8-9,14H,3,5,7,10-11H2,1-2H3,(H,18,22). The number of carbonyl (C=O) groups is 2. The minimum Gasteiger partial charge on any atom is -0.459 e. The first kappa shape index (κ1) is 16.3. The molecule has 0 spiro atoms. The van der Waals surface area contributed by atoms with Gasteiger partial charge in [0.15, 0.2) is 5.76 Å². The van der Waals surface area contributed by atoms with Crippen molar-refractivity contribution in [2.45, 2.75) is 39.3 Å². The Kier molecular flexibility index (Phi) is 4.69. The maximum absolute atomic E-state index is 12.3. The van der Waals surface area contributed by atoms with Gasteiger partial charge in [0.05, 0.1) is 12.0 Å². The molecule has 0 radical (unpaired) electrons. The average Bonchev–Trinajstić information content (AvgIpc) is 3.17. The van der Waals surface area contributed by atoms with Crippen molar-refractivity contribution < 1.29 is 14.0 Å². The van der Waals surface area contributed by atoms with E-state index in [1.54, 1.807) is 21.7 Å². The Morgan fingerprint density at radius 3 is 2.92 bits per heavy atom. The third-order valence-electron chi connectivity index (χ3n) is 4.20. The second-order valence-electron chi connectivity index (χ2n) is 6.22. The van der Waals surface area contributed by atoms with Crippen LogP contribution in [0, 0.1) is 13.8 Å². The molecule has 3 heterocycles. The van der Waals surface area contributed by atoms with Crippen molar-refractivity contribution in [3.63, 3.8) is 0 Å². The van der Waals surface area contributed by atoms with Crippen LogP contribution in [0.25, 0.3) is 0 Å². The van der Waals surface area contributed by atoms with Gasteiger partial charge in [0.1, 0.15) is 6.54 Å². The molecule has 2 aromatic heterocycles. The average molecular weight is 330 g/mol. The van der Waals surface area contributed by atoms with Gasteiger partial charge in [0, 0.05) is 24.8 Å². The fourth-order valence-electron chi connectivity index (χ4n) is 3.08. The zero-order valence-electron chi connectivity index (χ0n) is 14.0. The number of carbonyl (C=O) groups excluding carboxylic acids is 2. The molecule has 1 N–H and O–H groups in total. The minimum atomic E-state index is -0.127. The predicted octanol–water partition coefficient (Wildman–Crippen LogP) is 1.51. The number of piperidine rings is 1. The lowest BCUT2D eigenvalue weighted by Crippen LogP contribution is -2.50. The smallest absolute Gasteiger partial charge is 0.289 e. The summed E-state index contributed by atoms with van der Waals surface area (Å²) in [5.74, 6) is 0.126. The van der Waals surface area contributed by atoms with Gasteiger partial charge >= 0.3 is 0 Å². The van der Waals surface area contributed by atoms with E-state index in [4.69, 9.17) is 4.42 Å². The van der Waals surface area contributed by atoms with Crippen LogP contribution in [0.4, 0.5) is 0 Å². The van der Waals surface area contributed by atoms with E-state index in [0.717, 1.165) is 24.2 Å². The molecule has 128 valence electrons. The summed E-state index contributed by atoms with van der Waals surface area (Å²) in [7, 11) is 0. The molecule has 1 saturated heterocycles. The van der Waals surface area contributed by atoms with E-state index in [2.05, 4.69) is 10.4 Å². The first-order valence-corrected chi connectivity index (χ1v) is 8.16. The molecule has 1 aliphatic heterocycles. The van der Waals surface area contributed by atoms with Crippen molar-refractivity contribution in [2.75, 3.05) is 13.1 Å². The summed E-state index contributed by atoms with van der Waals surface area (Å²) in [5, 5.41) is 7.31. The van der Waals surface area contributed by atoms with Crippen LogP contribution in [0.5, 0.6) is 0 Å². The van der Waals surface area contributed by atoms with Crippen molar-refractivity contribution in [2.24, 2.45) is 0 Å². The van der Waals surface area contributed by atoms with E-state index in [1.807, 2.05) is 19.9 Å². The third-order valence-corrected chi connectivity index (χ3v) is 4.20. The molecule has 0 aliphatic carbocycles. The van der Waals surface area contributed by atoms with E-state index in [1.165, 1.54) is 6.26 Å². The van der Waals surface area contributed by atoms with Crippen molar-refractivity contribution in [3.8, 4) is 0 Å². The third kappa shape index (κ3) is 3.67. The number of rotatable bonds is 4. The highest BCUT2D eigenvalue weighted by Gasteiger charge is 2.26. The first-order chi connectivity index (χ1) is 11.5. The van der Waals surface area contributed by atoms with Crippen LogP contribution in [0.1, 0.15) is 34.8 Å². The maximum Gasteiger partial charge on any atom is 0.289 e. The second kappa shape index (κ2) is 6.90. The Bertz CT molecular complexity index is 720. The number of aryl methyl sites for hydroxylation is 2. The van der Waals surface area contributed by atoms with E-state index < -0.39 is 0 Å². The summed E-state index contributed by atoms with van der Waals surface area (Å²) in [5.41, 5.74) is 1.86. The molecule has 0 aromatic carbocycles. The number of furan rings is 1. The summed E-state index contributed by atoms with van der Waals surface area (Å²) < 4.78 is 6.86. The maximum atomic E-state index is 12.3. The van der Waals surface area contributed by atoms with Gasteiger partial charge in [-0.1, -0.05) is 0 Å². The molecule has 7 heteroatoms. The van der Waals surface area contributed by atoms with Gasteiger partial charge in [0.25, 0.3) is 5.91 Å². The topological polar surface area (TPSA) is 80.4 Å². The Morgan fingerprint density at radius 2 is 2.25 bits per heavy atom. The van der Waals surface area contributed by atoms with Crippen LogP contribution >= 0.6 is 0 Å². The molecule has 24 heavy (non-hydrogen) atoms. The minimum absolute atomic E-state index is 0.0397. The Balaban J connectivity index is 1.56. The molecular formula is C17H22N4O3. The highest BCUT2D eigenvalue weighted by Crippen LogP contribution is 2.14. The molecular weight excluding hydrogens is 308 g/mol. The Labute approximate surface area is 140 Å². The zero-order valence-corrected chi connectivity index (χ0v) is 14.0. The number of likely N-dealkylation sites (tertiary alicyclic amines) is 1. The molecule has 0 bridgehead atoms. The quantitative estimate of drug-likeness (QED) is 0.921. The Hall–Kier alpha value is -2.57. The van der Waals surface area contributed by atoms with Crippen molar-refractivity contribution >= 4 is 11.8 Å². The van der Waals surface area contributed by atoms with E-state index in [-0.39, 0.29) is 24.4 Å². The number of hydrogen-bond acceptors (Lipinski definition) is 4. The van der Waals surface area contributed by atoms with Crippen LogP contribution in [-0.4, -0.2) is 45.6 Å². The highest BCUT2D eigenvalue weighted by atomic mass is 16.3. The molecule has 2 aromatic rings. The molecule has 0 saturated carbocycles. The number of nitrogens with one attached hydrogen (secondary N) is 1. The van der Waals surface area contributed by atoms with Crippen LogP contribution in [0.15, 0.2) is 28.9 Å². The summed E-state index contributed by atoms with van der Waals surface area (Å²) in [6.45, 7) is 5.21. The van der Waals surface area contributed by atoms with Crippen molar-refractivity contribution in [3.05, 3.63) is 41.6 Å². The molecule has 7 nitrogen and oxygen atoms in total. The number of nitrogens with zero attached hydrogens (tertiary/aromatic N) is 3. The first-order valence-electron chi connectivity index (χ1n) is 8.16. The highest BCUT2D eigenvalue weighted by molar-refractivity contribution is 5.91. The molecule has 1 fully saturated rings. The van der Waals surface area contributed by atoms with Gasteiger partial charge in [-0.25, -0.2) is 0 Å². The SMILES string of the molecule is Cc1cc(C)n(CC(=O)NC2CCCN(C(=O)c3ccco3)C2)n1. The van der Waals surface area contributed by atoms with E-state index in [0.29, 0.717) is 18.8 Å². The molecule has 1 atom stereocenters. The lowest BCUT2D eigenvalue weighted by molar-refractivity contribution is -0.122. The van der Waals surface area contributed by atoms with E-state index in [9.17, 15) is 9.59 Å². The van der Waals surface area contributed by atoms with Gasteiger partial charge in [-0.2, -0.15) is 5.10 Å². The van der Waals surface area contributed by atoms with E-state index >= 15 is 0 Å².